The number of hydrogen-bond acceptors (Lipinski definition) is 5. The minimum Gasteiger partial charge on any atom is -0.490 e. The Labute approximate surface area is 192 Å². The third kappa shape index (κ3) is 4.90. The number of fused-ring (bicyclic) bond motifs is 1. The molecule has 6 heteroatoms. The molecule has 0 radical (unpaired) electrons. The molecule has 0 bridgehead atoms. The third-order valence-electron chi connectivity index (χ3n) is 5.53. The first-order valence-electron chi connectivity index (χ1n) is 10.5. The molecule has 0 saturated carbocycles. The van der Waals surface area contributed by atoms with E-state index in [1.807, 2.05) is 32.2 Å². The van der Waals surface area contributed by atoms with Crippen LogP contribution in [0.5, 0.6) is 11.5 Å². The Morgan fingerprint density at radius 3 is 2.63 bits per heavy atom. The third-order valence-corrected chi connectivity index (χ3v) is 7.29. The van der Waals surface area contributed by atoms with Gasteiger partial charge in [0, 0.05) is 11.1 Å². The van der Waals surface area contributed by atoms with Crippen molar-refractivity contribution in [1.82, 2.24) is 0 Å². The second-order valence-electron chi connectivity index (χ2n) is 8.56. The number of aliphatic imine (C=N–C) groups is 1. The van der Waals surface area contributed by atoms with Crippen molar-refractivity contribution in [1.29, 1.82) is 5.26 Å². The monoisotopic (exact) mass is 488 g/mol. The van der Waals surface area contributed by atoms with Gasteiger partial charge in [-0.1, -0.05) is 20.8 Å². The van der Waals surface area contributed by atoms with Crippen LogP contribution in [-0.2, 0) is 12.8 Å². The van der Waals surface area contributed by atoms with E-state index in [1.165, 1.54) is 10.4 Å². The van der Waals surface area contributed by atoms with Gasteiger partial charge in [-0.2, -0.15) is 5.26 Å². The summed E-state index contributed by atoms with van der Waals surface area (Å²) in [7, 11) is 0. The van der Waals surface area contributed by atoms with Gasteiger partial charge in [-0.3, -0.25) is 0 Å². The van der Waals surface area contributed by atoms with Gasteiger partial charge in [0.05, 0.1) is 23.2 Å². The molecule has 1 aliphatic rings. The number of ether oxygens (including phenoxy) is 2. The van der Waals surface area contributed by atoms with Crippen molar-refractivity contribution in [3.63, 3.8) is 0 Å². The Kier molecular flexibility index (Phi) is 7.26. The molecular weight excluding hydrogens is 460 g/mol. The summed E-state index contributed by atoms with van der Waals surface area (Å²) in [6.45, 7) is 11.9. The topological polar surface area (TPSA) is 54.6 Å². The van der Waals surface area contributed by atoms with Gasteiger partial charge < -0.3 is 9.47 Å². The summed E-state index contributed by atoms with van der Waals surface area (Å²) in [6, 6.07) is 6.30. The number of benzene rings is 1. The summed E-state index contributed by atoms with van der Waals surface area (Å²) in [5.41, 5.74) is 3.13. The SMILES string of the molecule is CCOc1cc(C=Nc2sc3c(c2C#N)CC[C@@H](C(C)(C)C)C3)cc(Br)c1OCC. The van der Waals surface area contributed by atoms with Crippen LogP contribution in [0, 0.1) is 22.7 Å². The van der Waals surface area contributed by atoms with Crippen LogP contribution < -0.4 is 9.47 Å². The molecule has 1 atom stereocenters. The van der Waals surface area contributed by atoms with Crippen molar-refractivity contribution in [2.75, 3.05) is 13.2 Å². The molecule has 0 spiro atoms. The lowest BCUT2D eigenvalue weighted by atomic mass is 9.72. The lowest BCUT2D eigenvalue weighted by Gasteiger charge is -2.33. The van der Waals surface area contributed by atoms with Gasteiger partial charge in [0.15, 0.2) is 11.5 Å². The molecule has 0 saturated heterocycles. The standard InChI is InChI=1S/C24H29BrN2O2S/c1-6-28-20-11-15(10-19(25)22(20)29-7-2)14-27-23-18(13-26)17-9-8-16(24(3,4)5)12-21(17)30-23/h10-11,14,16H,6-9,12H2,1-5H3/t16-/m1/s1. The molecule has 0 aliphatic heterocycles. The quantitative estimate of drug-likeness (QED) is 0.408. The maximum atomic E-state index is 9.78. The van der Waals surface area contributed by atoms with Crippen LogP contribution in [0.2, 0.25) is 0 Å². The highest BCUT2D eigenvalue weighted by Gasteiger charge is 2.32. The van der Waals surface area contributed by atoms with E-state index in [4.69, 9.17) is 14.5 Å². The van der Waals surface area contributed by atoms with Crippen molar-refractivity contribution in [2.45, 2.75) is 53.9 Å². The van der Waals surface area contributed by atoms with E-state index in [1.54, 1.807) is 11.3 Å². The molecule has 1 aromatic carbocycles. The zero-order valence-corrected chi connectivity index (χ0v) is 20.7. The number of hydrogen-bond donors (Lipinski definition) is 0. The van der Waals surface area contributed by atoms with E-state index in [9.17, 15) is 5.26 Å². The Bertz CT molecular complexity index is 983. The molecule has 160 valence electrons. The van der Waals surface area contributed by atoms with Gasteiger partial charge in [-0.05, 0) is 83.6 Å². The molecule has 0 N–H and O–H groups in total. The minimum atomic E-state index is 0.280. The molecule has 1 aromatic heterocycles. The first-order chi connectivity index (χ1) is 14.3. The lowest BCUT2D eigenvalue weighted by Crippen LogP contribution is -2.26. The van der Waals surface area contributed by atoms with Crippen LogP contribution in [0.25, 0.3) is 0 Å². The van der Waals surface area contributed by atoms with Crippen LogP contribution in [0.1, 0.15) is 62.6 Å². The Morgan fingerprint density at radius 1 is 1.27 bits per heavy atom. The summed E-state index contributed by atoms with van der Waals surface area (Å²) in [6.07, 6.45) is 4.95. The van der Waals surface area contributed by atoms with E-state index < -0.39 is 0 Å². The summed E-state index contributed by atoms with van der Waals surface area (Å²) < 4.78 is 12.3. The fourth-order valence-corrected chi connectivity index (χ4v) is 5.66. The molecule has 4 nitrogen and oxygen atoms in total. The highest BCUT2D eigenvalue weighted by molar-refractivity contribution is 9.10. The number of thiophene rings is 1. The summed E-state index contributed by atoms with van der Waals surface area (Å²) >= 11 is 5.25. The second kappa shape index (κ2) is 9.53. The number of nitriles is 1. The fourth-order valence-electron chi connectivity index (χ4n) is 3.86. The van der Waals surface area contributed by atoms with Gasteiger partial charge in [0.25, 0.3) is 0 Å². The number of rotatable bonds is 6. The van der Waals surface area contributed by atoms with Crippen molar-refractivity contribution in [3.05, 3.63) is 38.2 Å². The van der Waals surface area contributed by atoms with Crippen LogP contribution >= 0.6 is 27.3 Å². The van der Waals surface area contributed by atoms with Gasteiger partial charge in [-0.25, -0.2) is 4.99 Å². The molecule has 1 aliphatic carbocycles. The smallest absolute Gasteiger partial charge is 0.175 e. The fraction of sp³-hybridized carbons (Fsp3) is 0.500. The first-order valence-corrected chi connectivity index (χ1v) is 12.1. The molecule has 2 aromatic rings. The average molecular weight is 489 g/mol. The van der Waals surface area contributed by atoms with Crippen LogP contribution in [0.3, 0.4) is 0 Å². The van der Waals surface area contributed by atoms with E-state index >= 15 is 0 Å². The Morgan fingerprint density at radius 2 is 2.00 bits per heavy atom. The lowest BCUT2D eigenvalue weighted by molar-refractivity contribution is 0.218. The zero-order valence-electron chi connectivity index (χ0n) is 18.3. The highest BCUT2D eigenvalue weighted by Crippen LogP contribution is 2.45. The van der Waals surface area contributed by atoms with E-state index in [0.717, 1.165) is 39.9 Å². The average Bonchev–Trinajstić information content (AvgIpc) is 3.05. The molecule has 0 amide bonds. The molecule has 0 fully saturated rings. The van der Waals surface area contributed by atoms with Crippen LogP contribution in [0.4, 0.5) is 5.00 Å². The Hall–Kier alpha value is -1.84. The van der Waals surface area contributed by atoms with Gasteiger partial charge in [-0.15, -0.1) is 11.3 Å². The minimum absolute atomic E-state index is 0.280. The number of nitrogens with zero attached hydrogens (tertiary/aromatic N) is 2. The van der Waals surface area contributed by atoms with E-state index in [-0.39, 0.29) is 5.41 Å². The predicted octanol–water partition coefficient (Wildman–Crippen LogP) is 7.08. The normalized spacial score (nSPS) is 16.4. The summed E-state index contributed by atoms with van der Waals surface area (Å²) in [5.74, 6) is 2.03. The van der Waals surface area contributed by atoms with Crippen molar-refractivity contribution in [2.24, 2.45) is 16.3 Å². The van der Waals surface area contributed by atoms with Gasteiger partial charge in [0.2, 0.25) is 0 Å². The second-order valence-corrected chi connectivity index (χ2v) is 10.5. The summed E-state index contributed by atoms with van der Waals surface area (Å²) in [5, 5.41) is 10.6. The van der Waals surface area contributed by atoms with E-state index in [0.29, 0.717) is 30.6 Å². The maximum Gasteiger partial charge on any atom is 0.175 e. The van der Waals surface area contributed by atoms with Crippen molar-refractivity contribution >= 4 is 38.5 Å². The number of halogens is 1. The molecule has 3 rings (SSSR count). The first kappa shape index (κ1) is 22.8. The maximum absolute atomic E-state index is 9.78. The Balaban J connectivity index is 1.92. The molecule has 0 unspecified atom stereocenters. The predicted molar refractivity (Wildman–Crippen MR) is 128 cm³/mol. The van der Waals surface area contributed by atoms with Crippen molar-refractivity contribution < 1.29 is 9.47 Å². The molecular formula is C24H29BrN2O2S. The van der Waals surface area contributed by atoms with E-state index in [2.05, 4.69) is 42.8 Å². The largest absolute Gasteiger partial charge is 0.490 e. The molecule has 30 heavy (non-hydrogen) atoms. The zero-order chi connectivity index (χ0) is 21.9. The summed E-state index contributed by atoms with van der Waals surface area (Å²) in [4.78, 5) is 6.04. The van der Waals surface area contributed by atoms with Gasteiger partial charge in [0.1, 0.15) is 11.1 Å². The van der Waals surface area contributed by atoms with Crippen LogP contribution in [0.15, 0.2) is 21.6 Å². The van der Waals surface area contributed by atoms with Crippen molar-refractivity contribution in [3.8, 4) is 17.6 Å². The van der Waals surface area contributed by atoms with Gasteiger partial charge >= 0.3 is 0 Å². The highest BCUT2D eigenvalue weighted by atomic mass is 79.9. The molecule has 1 heterocycles. The van der Waals surface area contributed by atoms with Crippen LogP contribution in [-0.4, -0.2) is 19.4 Å².